The molecule has 0 N–H and O–H groups in total. The maximum Gasteiger partial charge on any atom is 0.180 e. The van der Waals surface area contributed by atoms with Crippen LogP contribution in [-0.4, -0.2) is 0 Å². The molecule has 0 atom stereocenters. The minimum atomic E-state index is 1.02. The predicted molar refractivity (Wildman–Crippen MR) is 38.6 cm³/mol. The third kappa shape index (κ3) is 1.29. The molecule has 40 valence electrons. The summed E-state index contributed by atoms with van der Waals surface area (Å²) in [7, 11) is 0. The van der Waals surface area contributed by atoms with E-state index in [0.717, 1.165) is 4.48 Å². The molecule has 0 heterocycles. The van der Waals surface area contributed by atoms with E-state index in [1.807, 2.05) is 25.2 Å². The second-order valence-corrected chi connectivity index (χ2v) is 2.57. The molecule has 0 radical (unpaired) electrons. The summed E-state index contributed by atoms with van der Waals surface area (Å²) in [5.74, 6) is 0. The summed E-state index contributed by atoms with van der Waals surface area (Å²) < 4.78 is 1.02. The summed E-state index contributed by atoms with van der Waals surface area (Å²) in [5, 5.41) is 0. The standard InChI is InChI=1S/C7H6Br/c1-6-2-4-7(8)5-3-6/h2-4H,1H3/q+1. The summed E-state index contributed by atoms with van der Waals surface area (Å²) in [5.41, 5.74) is 1.24. The Kier molecular flexibility index (Phi) is 1.62. The molecular formula is C7H6Br+. The number of allylic oxidation sites excluding steroid dienone is 6. The van der Waals surface area contributed by atoms with Crippen LogP contribution in [0.5, 0.6) is 0 Å². The van der Waals surface area contributed by atoms with Crippen molar-refractivity contribution in [2.75, 3.05) is 0 Å². The lowest BCUT2D eigenvalue weighted by Gasteiger charge is -1.83. The van der Waals surface area contributed by atoms with E-state index in [1.54, 1.807) is 0 Å². The Morgan fingerprint density at radius 2 is 2.25 bits per heavy atom. The molecule has 0 fully saturated rings. The van der Waals surface area contributed by atoms with Crippen LogP contribution in [0.3, 0.4) is 0 Å². The molecular weight excluding hydrogens is 164 g/mol. The maximum atomic E-state index is 3.29. The van der Waals surface area contributed by atoms with Gasteiger partial charge >= 0.3 is 0 Å². The molecule has 0 aromatic carbocycles. The highest BCUT2D eigenvalue weighted by Crippen LogP contribution is 2.12. The molecule has 0 amide bonds. The van der Waals surface area contributed by atoms with E-state index in [1.165, 1.54) is 5.57 Å². The summed E-state index contributed by atoms with van der Waals surface area (Å²) in [4.78, 5) is 0. The lowest BCUT2D eigenvalue weighted by molar-refractivity contribution is 1.48. The van der Waals surface area contributed by atoms with Gasteiger partial charge in [0.15, 0.2) is 4.48 Å². The number of halogens is 1. The Balaban J connectivity index is 2.86. The molecule has 8 heavy (non-hydrogen) atoms. The fraction of sp³-hybridized carbons (Fsp3) is 0.143. The minimum Gasteiger partial charge on any atom is -0.00773 e. The molecule has 0 aromatic rings. The Morgan fingerprint density at radius 1 is 1.50 bits per heavy atom. The van der Waals surface area contributed by atoms with Crippen molar-refractivity contribution in [1.82, 2.24) is 0 Å². The first-order chi connectivity index (χ1) is 3.79. The van der Waals surface area contributed by atoms with Crippen molar-refractivity contribution in [1.29, 1.82) is 0 Å². The van der Waals surface area contributed by atoms with Crippen molar-refractivity contribution in [2.45, 2.75) is 6.92 Å². The second-order valence-electron chi connectivity index (χ2n) is 1.71. The molecule has 0 nitrogen and oxygen atoms in total. The van der Waals surface area contributed by atoms with Crippen LogP contribution in [0.2, 0.25) is 0 Å². The van der Waals surface area contributed by atoms with Crippen LogP contribution in [0, 0.1) is 6.08 Å². The summed E-state index contributed by atoms with van der Waals surface area (Å²) in [6.07, 6.45) is 8.99. The molecule has 1 aliphatic rings. The van der Waals surface area contributed by atoms with Crippen LogP contribution in [-0.2, 0) is 0 Å². The molecule has 0 spiro atoms. The van der Waals surface area contributed by atoms with Gasteiger partial charge in [-0.05, 0) is 15.9 Å². The van der Waals surface area contributed by atoms with Gasteiger partial charge in [-0.1, -0.05) is 0 Å². The molecule has 0 aromatic heterocycles. The third-order valence-corrected chi connectivity index (χ3v) is 1.42. The average molecular weight is 170 g/mol. The highest BCUT2D eigenvalue weighted by atomic mass is 79.9. The maximum absolute atomic E-state index is 3.29. The highest BCUT2D eigenvalue weighted by Gasteiger charge is 2.00. The van der Waals surface area contributed by atoms with Crippen LogP contribution in [0.4, 0.5) is 0 Å². The number of hydrogen-bond acceptors (Lipinski definition) is 0. The quantitative estimate of drug-likeness (QED) is 0.490. The van der Waals surface area contributed by atoms with Gasteiger partial charge in [-0.15, -0.1) is 0 Å². The van der Waals surface area contributed by atoms with Crippen molar-refractivity contribution in [3.8, 4) is 0 Å². The minimum absolute atomic E-state index is 1.02. The normalized spacial score (nSPS) is 16.8. The smallest absolute Gasteiger partial charge is 0.00773 e. The van der Waals surface area contributed by atoms with E-state index in [2.05, 4.69) is 22.0 Å². The van der Waals surface area contributed by atoms with Gasteiger partial charge in [0.25, 0.3) is 0 Å². The Hall–Kier alpha value is -0.390. The van der Waals surface area contributed by atoms with Crippen molar-refractivity contribution in [3.63, 3.8) is 0 Å². The zero-order valence-electron chi connectivity index (χ0n) is 4.61. The zero-order chi connectivity index (χ0) is 5.98. The molecule has 0 saturated carbocycles. The van der Waals surface area contributed by atoms with Gasteiger partial charge in [0.2, 0.25) is 0 Å². The first-order valence-electron chi connectivity index (χ1n) is 2.43. The van der Waals surface area contributed by atoms with Crippen LogP contribution in [0.1, 0.15) is 6.92 Å². The summed E-state index contributed by atoms with van der Waals surface area (Å²) >= 11 is 3.29. The molecule has 0 unspecified atom stereocenters. The summed E-state index contributed by atoms with van der Waals surface area (Å²) in [6, 6.07) is 0. The average Bonchev–Trinajstić information content (AvgIpc) is 1.77. The van der Waals surface area contributed by atoms with Crippen molar-refractivity contribution in [3.05, 3.63) is 34.4 Å². The van der Waals surface area contributed by atoms with E-state index in [-0.39, 0.29) is 0 Å². The topological polar surface area (TPSA) is 0 Å². The van der Waals surface area contributed by atoms with Gasteiger partial charge in [-0.25, -0.2) is 0 Å². The van der Waals surface area contributed by atoms with E-state index >= 15 is 0 Å². The van der Waals surface area contributed by atoms with E-state index in [4.69, 9.17) is 0 Å². The van der Waals surface area contributed by atoms with Crippen LogP contribution in [0.25, 0.3) is 0 Å². The van der Waals surface area contributed by atoms with Crippen molar-refractivity contribution >= 4 is 15.9 Å². The molecule has 0 bridgehead atoms. The number of rotatable bonds is 0. The van der Waals surface area contributed by atoms with Crippen LogP contribution >= 0.6 is 15.9 Å². The Bertz CT molecular complexity index is 153. The Morgan fingerprint density at radius 3 is 2.62 bits per heavy atom. The SMILES string of the molecule is CC1=C[C+]=C(Br)C=C1. The largest absolute Gasteiger partial charge is 0.180 e. The predicted octanol–water partition coefficient (Wildman–Crippen LogP) is 2.58. The molecule has 1 heteroatoms. The Labute approximate surface area is 57.7 Å². The van der Waals surface area contributed by atoms with Gasteiger partial charge in [-0.3, -0.25) is 0 Å². The monoisotopic (exact) mass is 169 g/mol. The first kappa shape index (κ1) is 5.74. The van der Waals surface area contributed by atoms with E-state index < -0.39 is 0 Å². The molecule has 0 aliphatic heterocycles. The summed E-state index contributed by atoms with van der Waals surface area (Å²) in [6.45, 7) is 2.04. The highest BCUT2D eigenvalue weighted by molar-refractivity contribution is 9.11. The second kappa shape index (κ2) is 2.25. The molecule has 1 rings (SSSR count). The zero-order valence-corrected chi connectivity index (χ0v) is 6.20. The van der Waals surface area contributed by atoms with Gasteiger partial charge in [0.05, 0.1) is 23.8 Å². The van der Waals surface area contributed by atoms with Crippen LogP contribution < -0.4 is 0 Å². The van der Waals surface area contributed by atoms with Gasteiger partial charge < -0.3 is 0 Å². The first-order valence-corrected chi connectivity index (χ1v) is 3.22. The van der Waals surface area contributed by atoms with Gasteiger partial charge in [0, 0.05) is 6.92 Å². The third-order valence-electron chi connectivity index (χ3n) is 0.930. The van der Waals surface area contributed by atoms with Crippen LogP contribution in [0.15, 0.2) is 28.3 Å². The molecule has 1 aliphatic carbocycles. The number of hydrogen-bond donors (Lipinski definition) is 0. The fourth-order valence-electron chi connectivity index (χ4n) is 0.484. The van der Waals surface area contributed by atoms with Gasteiger partial charge in [0.1, 0.15) is 6.08 Å². The van der Waals surface area contributed by atoms with Crippen molar-refractivity contribution in [2.24, 2.45) is 0 Å². The van der Waals surface area contributed by atoms with E-state index in [9.17, 15) is 0 Å². The van der Waals surface area contributed by atoms with Crippen molar-refractivity contribution < 1.29 is 0 Å². The lowest BCUT2D eigenvalue weighted by atomic mass is 10.2. The van der Waals surface area contributed by atoms with Gasteiger partial charge in [-0.2, -0.15) is 0 Å². The van der Waals surface area contributed by atoms with E-state index in [0.29, 0.717) is 0 Å². The molecule has 0 saturated heterocycles. The lowest BCUT2D eigenvalue weighted by Crippen LogP contribution is -1.74. The fourth-order valence-corrected chi connectivity index (χ4v) is 0.730.